The molecule has 8 heteroatoms. The summed E-state index contributed by atoms with van der Waals surface area (Å²) in [6.45, 7) is 0. The third-order valence-electron chi connectivity index (χ3n) is 3.07. The van der Waals surface area contributed by atoms with Gasteiger partial charge in [-0.15, -0.1) is 10.2 Å². The minimum Gasteiger partial charge on any atom is -0.264 e. The van der Waals surface area contributed by atoms with Crippen LogP contribution in [0, 0.1) is 0 Å². The van der Waals surface area contributed by atoms with E-state index in [0.717, 1.165) is 16.1 Å². The Morgan fingerprint density at radius 3 is 2.82 bits per heavy atom. The molecule has 0 aliphatic carbocycles. The number of rotatable bonds is 2. The second-order valence-corrected chi connectivity index (χ2v) is 6.29. The van der Waals surface area contributed by atoms with E-state index in [-0.39, 0.29) is 0 Å². The minimum atomic E-state index is 0.595. The fraction of sp³-hybridized carbons (Fsp3) is 0. The number of nitrogens with zero attached hydrogens (tertiary/aromatic N) is 5. The smallest absolute Gasteiger partial charge is 0.235 e. The molecule has 1 aromatic carbocycles. The lowest BCUT2D eigenvalue weighted by Gasteiger charge is -2.00. The molecule has 0 spiro atoms. The maximum absolute atomic E-state index is 6.23. The summed E-state index contributed by atoms with van der Waals surface area (Å²) in [7, 11) is 0. The Labute approximate surface area is 139 Å². The van der Waals surface area contributed by atoms with Gasteiger partial charge in [-0.2, -0.15) is 9.61 Å². The van der Waals surface area contributed by atoms with Crippen molar-refractivity contribution in [2.45, 2.75) is 0 Å². The van der Waals surface area contributed by atoms with E-state index in [4.69, 9.17) is 23.2 Å². The van der Waals surface area contributed by atoms with Gasteiger partial charge in [0.05, 0.1) is 5.02 Å². The fourth-order valence-corrected chi connectivity index (χ4v) is 3.37. The highest BCUT2D eigenvalue weighted by molar-refractivity contribution is 7.19. The van der Waals surface area contributed by atoms with E-state index < -0.39 is 0 Å². The van der Waals surface area contributed by atoms with Crippen LogP contribution < -0.4 is 0 Å². The van der Waals surface area contributed by atoms with Crippen LogP contribution in [0.5, 0.6) is 0 Å². The van der Waals surface area contributed by atoms with Crippen LogP contribution in [0.3, 0.4) is 0 Å². The molecule has 0 N–H and O–H groups in total. The molecule has 3 aromatic heterocycles. The van der Waals surface area contributed by atoms with Gasteiger partial charge in [0.25, 0.3) is 0 Å². The first kappa shape index (κ1) is 13.6. The molecule has 5 nitrogen and oxygen atoms in total. The van der Waals surface area contributed by atoms with Gasteiger partial charge in [0.1, 0.15) is 5.01 Å². The molecule has 0 radical (unpaired) electrons. The van der Waals surface area contributed by atoms with Crippen molar-refractivity contribution in [3.8, 4) is 22.0 Å². The second kappa shape index (κ2) is 5.31. The maximum Gasteiger partial charge on any atom is 0.235 e. The molecule has 0 atom stereocenters. The Kier molecular flexibility index (Phi) is 3.29. The molecule has 0 bridgehead atoms. The lowest BCUT2D eigenvalue weighted by molar-refractivity contribution is 0.969. The van der Waals surface area contributed by atoms with Gasteiger partial charge in [-0.25, -0.2) is 0 Å². The predicted molar refractivity (Wildman–Crippen MR) is 87.3 cm³/mol. The van der Waals surface area contributed by atoms with Crippen LogP contribution in [0.1, 0.15) is 0 Å². The van der Waals surface area contributed by atoms with Crippen molar-refractivity contribution < 1.29 is 0 Å². The van der Waals surface area contributed by atoms with Crippen LogP contribution >= 0.6 is 34.5 Å². The lowest BCUT2D eigenvalue weighted by Crippen LogP contribution is -1.91. The molecule has 0 fully saturated rings. The van der Waals surface area contributed by atoms with Gasteiger partial charge < -0.3 is 0 Å². The van der Waals surface area contributed by atoms with Crippen LogP contribution in [-0.4, -0.2) is 24.8 Å². The number of hydrogen-bond acceptors (Lipinski definition) is 5. The van der Waals surface area contributed by atoms with E-state index in [1.165, 1.54) is 11.3 Å². The Hall–Kier alpha value is -2.02. The van der Waals surface area contributed by atoms with Crippen LogP contribution in [0.25, 0.3) is 26.9 Å². The SMILES string of the molecule is Clc1ccc(Cl)c(-c2nn3c(-c4cccnc4)nnc3s2)c1. The maximum atomic E-state index is 6.23. The van der Waals surface area contributed by atoms with Gasteiger partial charge in [-0.05, 0) is 30.3 Å². The standard InChI is InChI=1S/C14H7Cl2N5S/c15-9-3-4-11(16)10(6-9)13-20-21-12(18-19-14(21)22-13)8-2-1-5-17-7-8/h1-7H. The van der Waals surface area contributed by atoms with Crippen LogP contribution in [0.2, 0.25) is 10.0 Å². The van der Waals surface area contributed by atoms with Crippen molar-refractivity contribution in [3.05, 3.63) is 52.8 Å². The zero-order valence-corrected chi connectivity index (χ0v) is 13.3. The number of halogens is 2. The first-order valence-corrected chi connectivity index (χ1v) is 7.88. The van der Waals surface area contributed by atoms with Crippen molar-refractivity contribution in [3.63, 3.8) is 0 Å². The third kappa shape index (κ3) is 2.25. The first-order valence-electron chi connectivity index (χ1n) is 6.30. The molecule has 0 aliphatic heterocycles. The van der Waals surface area contributed by atoms with Crippen molar-refractivity contribution in [2.24, 2.45) is 0 Å². The summed E-state index contributed by atoms with van der Waals surface area (Å²) in [4.78, 5) is 4.78. The second-order valence-electron chi connectivity index (χ2n) is 4.49. The Balaban J connectivity index is 1.89. The average Bonchev–Trinajstić information content (AvgIpc) is 3.10. The van der Waals surface area contributed by atoms with Gasteiger partial charge in [-0.3, -0.25) is 4.98 Å². The number of pyridine rings is 1. The van der Waals surface area contributed by atoms with Crippen LogP contribution in [-0.2, 0) is 0 Å². The lowest BCUT2D eigenvalue weighted by atomic mass is 10.2. The van der Waals surface area contributed by atoms with E-state index in [2.05, 4.69) is 20.3 Å². The topological polar surface area (TPSA) is 56.0 Å². The molecule has 0 saturated carbocycles. The Morgan fingerprint density at radius 2 is 2.00 bits per heavy atom. The van der Waals surface area contributed by atoms with Gasteiger partial charge in [-0.1, -0.05) is 34.5 Å². The molecule has 0 aliphatic rings. The van der Waals surface area contributed by atoms with Crippen molar-refractivity contribution in [1.29, 1.82) is 0 Å². The molecule has 108 valence electrons. The molecule has 0 amide bonds. The van der Waals surface area contributed by atoms with Gasteiger partial charge in [0.2, 0.25) is 4.96 Å². The van der Waals surface area contributed by atoms with Gasteiger partial charge in [0.15, 0.2) is 5.82 Å². The van der Waals surface area contributed by atoms with Gasteiger partial charge in [0, 0.05) is 28.5 Å². The number of hydrogen-bond donors (Lipinski definition) is 0. The summed E-state index contributed by atoms with van der Waals surface area (Å²) in [5.41, 5.74) is 1.63. The third-order valence-corrected chi connectivity index (χ3v) is 4.57. The van der Waals surface area contributed by atoms with E-state index in [1.54, 1.807) is 35.1 Å². The molecule has 4 rings (SSSR count). The summed E-state index contributed by atoms with van der Waals surface area (Å²) >= 11 is 13.7. The van der Waals surface area contributed by atoms with Crippen molar-refractivity contribution >= 4 is 39.5 Å². The summed E-state index contributed by atoms with van der Waals surface area (Å²) in [6, 6.07) is 9.05. The molecular formula is C14H7Cl2N5S. The van der Waals surface area contributed by atoms with E-state index >= 15 is 0 Å². The fourth-order valence-electron chi connectivity index (χ4n) is 2.06. The number of benzene rings is 1. The summed E-state index contributed by atoms with van der Waals surface area (Å²) in [6.07, 6.45) is 3.43. The highest BCUT2D eigenvalue weighted by Gasteiger charge is 2.16. The average molecular weight is 348 g/mol. The van der Waals surface area contributed by atoms with Crippen LogP contribution in [0.4, 0.5) is 0 Å². The monoisotopic (exact) mass is 347 g/mol. The highest BCUT2D eigenvalue weighted by Crippen LogP contribution is 2.34. The highest BCUT2D eigenvalue weighted by atomic mass is 35.5. The molecule has 3 heterocycles. The van der Waals surface area contributed by atoms with E-state index in [1.807, 2.05) is 12.1 Å². The zero-order valence-electron chi connectivity index (χ0n) is 10.9. The normalized spacial score (nSPS) is 11.2. The largest absolute Gasteiger partial charge is 0.264 e. The quantitative estimate of drug-likeness (QED) is 0.544. The van der Waals surface area contributed by atoms with Crippen LogP contribution in [0.15, 0.2) is 42.7 Å². The molecule has 4 aromatic rings. The first-order chi connectivity index (χ1) is 10.7. The Morgan fingerprint density at radius 1 is 1.09 bits per heavy atom. The van der Waals surface area contributed by atoms with Crippen molar-refractivity contribution in [1.82, 2.24) is 24.8 Å². The number of aromatic nitrogens is 5. The molecule has 22 heavy (non-hydrogen) atoms. The number of fused-ring (bicyclic) bond motifs is 1. The summed E-state index contributed by atoms with van der Waals surface area (Å²) < 4.78 is 1.69. The molecule has 0 unspecified atom stereocenters. The molecular weight excluding hydrogens is 341 g/mol. The van der Waals surface area contributed by atoms with Gasteiger partial charge >= 0.3 is 0 Å². The van der Waals surface area contributed by atoms with E-state index in [9.17, 15) is 0 Å². The zero-order chi connectivity index (χ0) is 15.1. The Bertz CT molecular complexity index is 964. The van der Waals surface area contributed by atoms with E-state index in [0.29, 0.717) is 20.8 Å². The molecule has 0 saturated heterocycles. The van der Waals surface area contributed by atoms with Crippen molar-refractivity contribution in [2.75, 3.05) is 0 Å². The summed E-state index contributed by atoms with van der Waals surface area (Å²) in [5, 5.41) is 14.8. The summed E-state index contributed by atoms with van der Waals surface area (Å²) in [5.74, 6) is 0.642. The predicted octanol–water partition coefficient (Wildman–Crippen LogP) is 4.22. The minimum absolute atomic E-state index is 0.595.